The summed E-state index contributed by atoms with van der Waals surface area (Å²) >= 11 is 3.47. The highest BCUT2D eigenvalue weighted by molar-refractivity contribution is 7.99. The molecular weight excluding hydrogens is 280 g/mol. The number of esters is 1. The van der Waals surface area contributed by atoms with E-state index >= 15 is 0 Å². The average molecular weight is 300 g/mol. The minimum absolute atomic E-state index is 0.322. The van der Waals surface area contributed by atoms with E-state index in [1.807, 2.05) is 18.7 Å². The SMILES string of the molecule is CCOC(=O)c1nc(NC2CCC(SC)C2)sc1C. The van der Waals surface area contributed by atoms with E-state index in [0.717, 1.165) is 15.3 Å². The minimum Gasteiger partial charge on any atom is -0.461 e. The summed E-state index contributed by atoms with van der Waals surface area (Å²) in [4.78, 5) is 17.0. The maximum absolute atomic E-state index is 11.7. The van der Waals surface area contributed by atoms with Gasteiger partial charge >= 0.3 is 5.97 Å². The summed E-state index contributed by atoms with van der Waals surface area (Å²) in [6.45, 7) is 4.10. The molecule has 0 saturated heterocycles. The van der Waals surface area contributed by atoms with E-state index in [0.29, 0.717) is 18.3 Å². The summed E-state index contributed by atoms with van der Waals surface area (Å²) in [5.41, 5.74) is 0.453. The topological polar surface area (TPSA) is 51.2 Å². The average Bonchev–Trinajstić information content (AvgIpc) is 2.97. The molecule has 0 aromatic carbocycles. The zero-order chi connectivity index (χ0) is 13.8. The van der Waals surface area contributed by atoms with Gasteiger partial charge in [-0.25, -0.2) is 9.78 Å². The smallest absolute Gasteiger partial charge is 0.358 e. The molecule has 1 N–H and O–H groups in total. The molecule has 1 aromatic rings. The second kappa shape index (κ2) is 6.61. The lowest BCUT2D eigenvalue weighted by Gasteiger charge is -2.10. The first-order valence-electron chi connectivity index (χ1n) is 6.58. The van der Waals surface area contributed by atoms with Gasteiger partial charge in [0.05, 0.1) is 6.61 Å². The predicted octanol–water partition coefficient (Wildman–Crippen LogP) is 3.32. The van der Waals surface area contributed by atoms with Gasteiger partial charge in [0.2, 0.25) is 0 Å². The van der Waals surface area contributed by atoms with E-state index < -0.39 is 0 Å². The van der Waals surface area contributed by atoms with Crippen LogP contribution in [0.25, 0.3) is 0 Å². The number of anilines is 1. The van der Waals surface area contributed by atoms with Crippen LogP contribution in [-0.4, -0.2) is 35.1 Å². The number of thiazole rings is 1. The fraction of sp³-hybridized carbons (Fsp3) is 0.692. The normalized spacial score (nSPS) is 22.5. The van der Waals surface area contributed by atoms with Crippen molar-refractivity contribution in [3.8, 4) is 0 Å². The Balaban J connectivity index is 1.98. The molecule has 4 nitrogen and oxygen atoms in total. The zero-order valence-corrected chi connectivity index (χ0v) is 13.2. The Morgan fingerprint density at radius 2 is 2.37 bits per heavy atom. The molecule has 1 heterocycles. The second-order valence-corrected chi connectivity index (χ2v) is 7.00. The third-order valence-electron chi connectivity index (χ3n) is 3.31. The molecular formula is C13H20N2O2S2. The summed E-state index contributed by atoms with van der Waals surface area (Å²) in [5, 5.41) is 5.04. The number of nitrogens with zero attached hydrogens (tertiary/aromatic N) is 1. The summed E-state index contributed by atoms with van der Waals surface area (Å²) in [6, 6.07) is 0.484. The van der Waals surface area contributed by atoms with Crippen molar-refractivity contribution in [1.29, 1.82) is 0 Å². The van der Waals surface area contributed by atoms with Crippen molar-refractivity contribution in [2.24, 2.45) is 0 Å². The third kappa shape index (κ3) is 3.63. The van der Waals surface area contributed by atoms with Crippen molar-refractivity contribution in [2.45, 2.75) is 44.4 Å². The van der Waals surface area contributed by atoms with Gasteiger partial charge in [-0.3, -0.25) is 0 Å². The van der Waals surface area contributed by atoms with Crippen LogP contribution in [0.15, 0.2) is 0 Å². The lowest BCUT2D eigenvalue weighted by atomic mass is 10.3. The summed E-state index contributed by atoms with van der Waals surface area (Å²) in [7, 11) is 0. The number of aryl methyl sites for hydroxylation is 1. The molecule has 1 aromatic heterocycles. The van der Waals surface area contributed by atoms with Crippen molar-refractivity contribution >= 4 is 34.2 Å². The quantitative estimate of drug-likeness (QED) is 0.845. The summed E-state index contributed by atoms with van der Waals surface area (Å²) < 4.78 is 5.00. The Morgan fingerprint density at radius 1 is 1.58 bits per heavy atom. The Bertz CT molecular complexity index is 448. The van der Waals surface area contributed by atoms with E-state index in [1.54, 1.807) is 6.92 Å². The Hall–Kier alpha value is -0.750. The van der Waals surface area contributed by atoms with Crippen LogP contribution in [0, 0.1) is 6.92 Å². The highest BCUT2D eigenvalue weighted by Crippen LogP contribution is 2.32. The van der Waals surface area contributed by atoms with Crippen LogP contribution in [0.4, 0.5) is 5.13 Å². The van der Waals surface area contributed by atoms with Crippen LogP contribution in [0.1, 0.15) is 41.6 Å². The summed E-state index contributed by atoms with van der Waals surface area (Å²) in [5.74, 6) is -0.322. The molecule has 0 amide bonds. The second-order valence-electron chi connectivity index (χ2n) is 4.66. The molecule has 0 radical (unpaired) electrons. The van der Waals surface area contributed by atoms with Crippen LogP contribution < -0.4 is 5.32 Å². The van der Waals surface area contributed by atoms with E-state index in [4.69, 9.17) is 4.74 Å². The van der Waals surface area contributed by atoms with Gasteiger partial charge < -0.3 is 10.1 Å². The van der Waals surface area contributed by atoms with Crippen molar-refractivity contribution < 1.29 is 9.53 Å². The fourth-order valence-electron chi connectivity index (χ4n) is 2.31. The van der Waals surface area contributed by atoms with Gasteiger partial charge in [-0.1, -0.05) is 0 Å². The first kappa shape index (κ1) is 14.7. The molecule has 1 aliphatic carbocycles. The molecule has 1 aliphatic rings. The number of hydrogen-bond acceptors (Lipinski definition) is 6. The molecule has 106 valence electrons. The molecule has 1 saturated carbocycles. The Labute approximate surface area is 122 Å². The maximum atomic E-state index is 11.7. The largest absolute Gasteiger partial charge is 0.461 e. The first-order chi connectivity index (χ1) is 9.13. The van der Waals surface area contributed by atoms with Gasteiger partial charge in [-0.05, 0) is 39.4 Å². The number of aromatic nitrogens is 1. The first-order valence-corrected chi connectivity index (χ1v) is 8.68. The molecule has 0 aliphatic heterocycles. The monoisotopic (exact) mass is 300 g/mol. The lowest BCUT2D eigenvalue weighted by Crippen LogP contribution is -2.16. The number of carbonyl (C=O) groups excluding carboxylic acids is 1. The molecule has 2 rings (SSSR count). The molecule has 2 unspecified atom stereocenters. The van der Waals surface area contributed by atoms with Gasteiger partial charge in [-0.15, -0.1) is 11.3 Å². The number of carbonyl (C=O) groups is 1. The number of hydrogen-bond donors (Lipinski definition) is 1. The standard InChI is InChI=1S/C13H20N2O2S2/c1-4-17-12(16)11-8(2)19-13(15-11)14-9-5-6-10(7-9)18-3/h9-10H,4-7H2,1-3H3,(H,14,15). The number of ether oxygens (including phenoxy) is 1. The highest BCUT2D eigenvalue weighted by Gasteiger charge is 2.25. The third-order valence-corrected chi connectivity index (χ3v) is 5.31. The van der Waals surface area contributed by atoms with Crippen LogP contribution in [-0.2, 0) is 4.74 Å². The molecule has 19 heavy (non-hydrogen) atoms. The van der Waals surface area contributed by atoms with Gasteiger partial charge in [0.15, 0.2) is 10.8 Å². The minimum atomic E-state index is -0.322. The molecule has 0 spiro atoms. The predicted molar refractivity (Wildman–Crippen MR) is 81.4 cm³/mol. The lowest BCUT2D eigenvalue weighted by molar-refractivity contribution is 0.0519. The molecule has 6 heteroatoms. The van der Waals surface area contributed by atoms with Crippen LogP contribution in [0.5, 0.6) is 0 Å². The van der Waals surface area contributed by atoms with Gasteiger partial charge in [-0.2, -0.15) is 11.8 Å². The Morgan fingerprint density at radius 3 is 3.00 bits per heavy atom. The molecule has 2 atom stereocenters. The van der Waals surface area contributed by atoms with Crippen molar-refractivity contribution in [3.63, 3.8) is 0 Å². The zero-order valence-electron chi connectivity index (χ0n) is 11.6. The Kier molecular flexibility index (Phi) is 5.10. The van der Waals surface area contributed by atoms with E-state index in [1.165, 1.54) is 30.6 Å². The highest BCUT2D eigenvalue weighted by atomic mass is 32.2. The van der Waals surface area contributed by atoms with E-state index in [-0.39, 0.29) is 5.97 Å². The number of rotatable bonds is 5. The van der Waals surface area contributed by atoms with Gasteiger partial charge in [0.1, 0.15) is 0 Å². The van der Waals surface area contributed by atoms with Crippen LogP contribution in [0.2, 0.25) is 0 Å². The van der Waals surface area contributed by atoms with Crippen molar-refractivity contribution in [1.82, 2.24) is 4.98 Å². The van der Waals surface area contributed by atoms with Crippen molar-refractivity contribution in [2.75, 3.05) is 18.2 Å². The summed E-state index contributed by atoms with van der Waals surface area (Å²) in [6.07, 6.45) is 5.78. The number of thioether (sulfide) groups is 1. The van der Waals surface area contributed by atoms with E-state index in [9.17, 15) is 4.79 Å². The van der Waals surface area contributed by atoms with E-state index in [2.05, 4.69) is 16.6 Å². The van der Waals surface area contributed by atoms with Crippen LogP contribution >= 0.6 is 23.1 Å². The maximum Gasteiger partial charge on any atom is 0.358 e. The molecule has 1 fully saturated rings. The van der Waals surface area contributed by atoms with Crippen molar-refractivity contribution in [3.05, 3.63) is 10.6 Å². The van der Waals surface area contributed by atoms with Gasteiger partial charge in [0.25, 0.3) is 0 Å². The number of nitrogens with one attached hydrogen (secondary N) is 1. The fourth-order valence-corrected chi connectivity index (χ4v) is 3.98. The molecule has 0 bridgehead atoms. The van der Waals surface area contributed by atoms with Gasteiger partial charge in [0, 0.05) is 16.2 Å². The van der Waals surface area contributed by atoms with Crippen LogP contribution in [0.3, 0.4) is 0 Å².